The van der Waals surface area contributed by atoms with Crippen LogP contribution in [-0.2, 0) is 43.2 Å². The maximum atomic E-state index is 13.5. The van der Waals surface area contributed by atoms with Crippen LogP contribution in [0.5, 0.6) is 0 Å². The molecule has 0 spiro atoms. The topological polar surface area (TPSA) is 296 Å². The Kier molecular flexibility index (Phi) is 18.1. The third kappa shape index (κ3) is 16.1. The van der Waals surface area contributed by atoms with Gasteiger partial charge in [0.05, 0.1) is 19.6 Å². The quantitative estimate of drug-likeness (QED) is 0.0698. The molecule has 0 radical (unpaired) electrons. The maximum absolute atomic E-state index is 13.5. The van der Waals surface area contributed by atoms with Crippen molar-refractivity contribution >= 4 is 53.2 Å². The van der Waals surface area contributed by atoms with Gasteiger partial charge in [0.15, 0.2) is 0 Å². The van der Waals surface area contributed by atoms with Gasteiger partial charge < -0.3 is 31.9 Å². The highest BCUT2D eigenvalue weighted by atomic mass is 16.5. The highest BCUT2D eigenvalue weighted by Crippen LogP contribution is 2.07. The molecule has 1 aliphatic rings. The summed E-state index contributed by atoms with van der Waals surface area (Å²) in [6.45, 7) is 0.894. The van der Waals surface area contributed by atoms with Crippen molar-refractivity contribution < 1.29 is 58.8 Å². The molecule has 0 aliphatic carbocycles. The molecule has 0 aromatic rings. The van der Waals surface area contributed by atoms with Crippen LogP contribution in [0.3, 0.4) is 0 Å². The first-order chi connectivity index (χ1) is 22.5. The standard InChI is InChI=1S/C27H45N9O12/c1-16(37)34(46)10-4-7-19-25(43)30-14-23(41)28-13-22(40)29-15-24(42)31-20(8-5-11-35(47)17(2)38)26(44)33-21(27(45)32-19)9-6-12-36(48)18(3)39/h19-21,46-48H,4-15H2,1-3H3,(H,28,41)(H,29,40)(H,30,43)(H,31,42)(H,32,45)(H,33,44)/t19-,20-,21+/m0/s1. The Morgan fingerprint density at radius 1 is 0.521 bits per heavy atom. The van der Waals surface area contributed by atoms with Gasteiger partial charge in [-0.3, -0.25) is 58.8 Å². The molecule has 9 N–H and O–H groups in total. The lowest BCUT2D eigenvalue weighted by Gasteiger charge is -2.26. The van der Waals surface area contributed by atoms with Gasteiger partial charge in [0, 0.05) is 40.4 Å². The van der Waals surface area contributed by atoms with Crippen LogP contribution in [0.1, 0.15) is 59.3 Å². The van der Waals surface area contributed by atoms with Gasteiger partial charge in [0.25, 0.3) is 0 Å². The zero-order valence-electron chi connectivity index (χ0n) is 27.1. The highest BCUT2D eigenvalue weighted by molar-refractivity contribution is 5.96. The number of amides is 9. The molecule has 1 rings (SSSR count). The number of rotatable bonds is 12. The molecule has 0 aromatic heterocycles. The summed E-state index contributed by atoms with van der Waals surface area (Å²) in [7, 11) is 0. The second-order valence-electron chi connectivity index (χ2n) is 10.9. The van der Waals surface area contributed by atoms with Crippen molar-refractivity contribution in [2.24, 2.45) is 0 Å². The molecule has 0 unspecified atom stereocenters. The number of nitrogens with zero attached hydrogens (tertiary/aromatic N) is 3. The summed E-state index contributed by atoms with van der Waals surface area (Å²) in [4.78, 5) is 111. The van der Waals surface area contributed by atoms with E-state index in [9.17, 15) is 58.8 Å². The van der Waals surface area contributed by atoms with Gasteiger partial charge in [0.1, 0.15) is 18.1 Å². The average molecular weight is 688 g/mol. The first kappa shape index (κ1) is 41.1. The molecule has 0 bridgehead atoms. The van der Waals surface area contributed by atoms with Gasteiger partial charge in [-0.25, -0.2) is 15.2 Å². The van der Waals surface area contributed by atoms with Crippen molar-refractivity contribution in [3.8, 4) is 0 Å². The lowest BCUT2D eigenvalue weighted by Crippen LogP contribution is -2.58. The Hall–Kier alpha value is -4.89. The molecule has 48 heavy (non-hydrogen) atoms. The van der Waals surface area contributed by atoms with E-state index < -0.39 is 90.9 Å². The third-order valence-electron chi connectivity index (χ3n) is 6.91. The minimum atomic E-state index is -1.41. The zero-order valence-corrected chi connectivity index (χ0v) is 27.1. The van der Waals surface area contributed by atoms with Gasteiger partial charge in [-0.15, -0.1) is 0 Å². The molecule has 0 aromatic carbocycles. The molecule has 1 saturated heterocycles. The van der Waals surface area contributed by atoms with Crippen molar-refractivity contribution in [1.29, 1.82) is 0 Å². The van der Waals surface area contributed by atoms with E-state index in [0.29, 0.717) is 15.2 Å². The molecule has 270 valence electrons. The van der Waals surface area contributed by atoms with E-state index in [1.807, 2.05) is 0 Å². The molecule has 1 aliphatic heterocycles. The number of hydrogen-bond donors (Lipinski definition) is 9. The monoisotopic (exact) mass is 687 g/mol. The van der Waals surface area contributed by atoms with Gasteiger partial charge in [-0.2, -0.15) is 0 Å². The van der Waals surface area contributed by atoms with Gasteiger partial charge in [-0.05, 0) is 38.5 Å². The molecule has 9 amide bonds. The Labute approximate surface area is 275 Å². The van der Waals surface area contributed by atoms with E-state index >= 15 is 0 Å². The predicted octanol–water partition coefficient (Wildman–Crippen LogP) is -4.14. The van der Waals surface area contributed by atoms with Crippen LogP contribution >= 0.6 is 0 Å². The summed E-state index contributed by atoms with van der Waals surface area (Å²) < 4.78 is 0. The third-order valence-corrected chi connectivity index (χ3v) is 6.91. The number of hydroxylamine groups is 6. The lowest BCUT2D eigenvalue weighted by molar-refractivity contribution is -0.163. The molecule has 0 saturated carbocycles. The van der Waals surface area contributed by atoms with E-state index in [1.165, 1.54) is 0 Å². The van der Waals surface area contributed by atoms with Crippen LogP contribution in [0, 0.1) is 0 Å². The summed E-state index contributed by atoms with van der Waals surface area (Å²) in [5, 5.41) is 44.5. The predicted molar refractivity (Wildman–Crippen MR) is 160 cm³/mol. The second kappa shape index (κ2) is 21.1. The first-order valence-corrected chi connectivity index (χ1v) is 15.1. The van der Waals surface area contributed by atoms with Crippen molar-refractivity contribution in [3.05, 3.63) is 0 Å². The largest absolute Gasteiger partial charge is 0.346 e. The summed E-state index contributed by atoms with van der Waals surface area (Å²) in [6.07, 6.45) is -0.483. The molecule has 1 heterocycles. The van der Waals surface area contributed by atoms with Crippen molar-refractivity contribution in [3.63, 3.8) is 0 Å². The normalized spacial score (nSPS) is 20.0. The molecule has 21 nitrogen and oxygen atoms in total. The van der Waals surface area contributed by atoms with Crippen LogP contribution in [-0.4, -0.2) is 141 Å². The van der Waals surface area contributed by atoms with E-state index in [4.69, 9.17) is 0 Å². The Bertz CT molecular complexity index is 1180. The van der Waals surface area contributed by atoms with Crippen molar-refractivity contribution in [2.45, 2.75) is 77.4 Å². The summed E-state index contributed by atoms with van der Waals surface area (Å²) in [5.74, 6) is -7.02. The van der Waals surface area contributed by atoms with Gasteiger partial charge in [-0.1, -0.05) is 0 Å². The molecule has 3 atom stereocenters. The maximum Gasteiger partial charge on any atom is 0.243 e. The SMILES string of the molecule is CC(=O)N(O)CCC[C@@H]1NC(=O)CNC(=O)CNC(=O)CNC(=O)[C@H](CCCN(O)C(C)=O)NC(=O)[C@@H](CCCN(O)C(C)=O)NC1=O. The van der Waals surface area contributed by atoms with Gasteiger partial charge in [0.2, 0.25) is 53.2 Å². The van der Waals surface area contributed by atoms with E-state index in [0.717, 1.165) is 20.8 Å². The summed E-state index contributed by atoms with van der Waals surface area (Å²) in [5.41, 5.74) is 0. The van der Waals surface area contributed by atoms with Crippen LogP contribution in [0.15, 0.2) is 0 Å². The van der Waals surface area contributed by atoms with E-state index in [-0.39, 0.29) is 58.2 Å². The number of carbonyl (C=O) groups excluding carboxylic acids is 9. The van der Waals surface area contributed by atoms with Crippen molar-refractivity contribution in [1.82, 2.24) is 47.1 Å². The van der Waals surface area contributed by atoms with Crippen LogP contribution in [0.2, 0.25) is 0 Å². The van der Waals surface area contributed by atoms with Gasteiger partial charge >= 0.3 is 0 Å². The summed E-state index contributed by atoms with van der Waals surface area (Å²) in [6, 6.07) is -4.11. The van der Waals surface area contributed by atoms with Crippen LogP contribution < -0.4 is 31.9 Å². The molecular formula is C27H45N9O12. The van der Waals surface area contributed by atoms with Crippen LogP contribution in [0.4, 0.5) is 0 Å². The Balaban J connectivity index is 3.36. The number of nitrogens with one attached hydrogen (secondary N) is 6. The average Bonchev–Trinajstić information content (AvgIpc) is 3.02. The Morgan fingerprint density at radius 3 is 1.21 bits per heavy atom. The van der Waals surface area contributed by atoms with E-state index in [1.54, 1.807) is 0 Å². The zero-order chi connectivity index (χ0) is 36.4. The second-order valence-corrected chi connectivity index (χ2v) is 10.9. The van der Waals surface area contributed by atoms with E-state index in [2.05, 4.69) is 31.9 Å². The molecular weight excluding hydrogens is 642 g/mol. The minimum absolute atomic E-state index is 0.00612. The number of hydrogen-bond acceptors (Lipinski definition) is 12. The summed E-state index contributed by atoms with van der Waals surface area (Å²) >= 11 is 0. The minimum Gasteiger partial charge on any atom is -0.346 e. The highest BCUT2D eigenvalue weighted by Gasteiger charge is 2.30. The lowest BCUT2D eigenvalue weighted by atomic mass is 10.1. The molecule has 1 fully saturated rings. The fraction of sp³-hybridized carbons (Fsp3) is 0.667. The number of carbonyl (C=O) groups is 9. The fourth-order valence-corrected chi connectivity index (χ4v) is 4.18. The van der Waals surface area contributed by atoms with Crippen LogP contribution in [0.25, 0.3) is 0 Å². The fourth-order valence-electron chi connectivity index (χ4n) is 4.18. The first-order valence-electron chi connectivity index (χ1n) is 15.1. The molecule has 21 heteroatoms. The smallest absolute Gasteiger partial charge is 0.243 e. The Morgan fingerprint density at radius 2 is 0.833 bits per heavy atom. The van der Waals surface area contributed by atoms with Crippen molar-refractivity contribution in [2.75, 3.05) is 39.3 Å².